The van der Waals surface area contributed by atoms with Gasteiger partial charge in [-0.15, -0.1) is 0 Å². The predicted molar refractivity (Wildman–Crippen MR) is 61.3 cm³/mol. The first kappa shape index (κ1) is 10.0. The highest BCUT2D eigenvalue weighted by Crippen LogP contribution is 2.59. The SMILES string of the molecule is CC1(C)CC1[C@@H]1O[C@H]1C(=O)c1ccccc1. The molecule has 2 fully saturated rings. The largest absolute Gasteiger partial charge is 0.361 e. The fourth-order valence-electron chi connectivity index (χ4n) is 2.48. The smallest absolute Gasteiger partial charge is 0.194 e. The molecule has 0 N–H and O–H groups in total. The van der Waals surface area contributed by atoms with E-state index in [1.165, 1.54) is 6.42 Å². The summed E-state index contributed by atoms with van der Waals surface area (Å²) in [7, 11) is 0. The number of hydrogen-bond acceptors (Lipinski definition) is 2. The Kier molecular flexibility index (Phi) is 1.99. The minimum Gasteiger partial charge on any atom is -0.361 e. The molecule has 0 aromatic heterocycles. The number of benzene rings is 1. The lowest BCUT2D eigenvalue weighted by molar-refractivity contribution is 0.0953. The van der Waals surface area contributed by atoms with Gasteiger partial charge in [-0.25, -0.2) is 0 Å². The first-order valence-electron chi connectivity index (χ1n) is 5.84. The van der Waals surface area contributed by atoms with Crippen LogP contribution < -0.4 is 0 Å². The third-order valence-electron chi connectivity index (χ3n) is 3.83. The summed E-state index contributed by atoms with van der Waals surface area (Å²) in [5.41, 5.74) is 1.16. The van der Waals surface area contributed by atoms with Gasteiger partial charge in [0, 0.05) is 5.56 Å². The second kappa shape index (κ2) is 3.17. The molecule has 2 nitrogen and oxygen atoms in total. The number of carbonyl (C=O) groups is 1. The van der Waals surface area contributed by atoms with Crippen LogP contribution in [0.1, 0.15) is 30.6 Å². The Labute approximate surface area is 95.6 Å². The number of rotatable bonds is 3. The maximum atomic E-state index is 12.0. The average Bonchev–Trinajstić information content (AvgIpc) is 3.15. The molecule has 1 aliphatic heterocycles. The Morgan fingerprint density at radius 3 is 2.50 bits per heavy atom. The van der Waals surface area contributed by atoms with E-state index < -0.39 is 0 Å². The monoisotopic (exact) mass is 216 g/mol. The molecule has 2 heteroatoms. The maximum absolute atomic E-state index is 12.0. The molecule has 1 unspecified atom stereocenters. The van der Waals surface area contributed by atoms with Crippen LogP contribution in [-0.2, 0) is 4.74 Å². The van der Waals surface area contributed by atoms with Crippen LogP contribution in [0, 0.1) is 11.3 Å². The van der Waals surface area contributed by atoms with Gasteiger partial charge in [0.1, 0.15) is 6.10 Å². The van der Waals surface area contributed by atoms with E-state index in [1.54, 1.807) is 0 Å². The molecule has 2 aliphatic rings. The molecule has 16 heavy (non-hydrogen) atoms. The zero-order valence-corrected chi connectivity index (χ0v) is 9.64. The maximum Gasteiger partial charge on any atom is 0.194 e. The summed E-state index contributed by atoms with van der Waals surface area (Å²) in [6, 6.07) is 9.43. The van der Waals surface area contributed by atoms with Gasteiger partial charge in [-0.05, 0) is 17.8 Å². The first-order valence-corrected chi connectivity index (χ1v) is 5.84. The summed E-state index contributed by atoms with van der Waals surface area (Å²) >= 11 is 0. The molecular formula is C14H16O2. The molecule has 1 saturated carbocycles. The van der Waals surface area contributed by atoms with Gasteiger partial charge in [0.15, 0.2) is 5.78 Å². The molecule has 0 spiro atoms. The quantitative estimate of drug-likeness (QED) is 0.574. The van der Waals surface area contributed by atoms with Gasteiger partial charge in [-0.1, -0.05) is 44.2 Å². The summed E-state index contributed by atoms with van der Waals surface area (Å²) in [5.74, 6) is 0.735. The van der Waals surface area contributed by atoms with Crippen LogP contribution in [0.4, 0.5) is 0 Å². The topological polar surface area (TPSA) is 29.6 Å². The fourth-order valence-corrected chi connectivity index (χ4v) is 2.48. The van der Waals surface area contributed by atoms with Crippen LogP contribution >= 0.6 is 0 Å². The lowest BCUT2D eigenvalue weighted by atomic mass is 10.0. The highest BCUT2D eigenvalue weighted by Gasteiger charge is 2.61. The van der Waals surface area contributed by atoms with Gasteiger partial charge >= 0.3 is 0 Å². The summed E-state index contributed by atoms with van der Waals surface area (Å²) in [6.45, 7) is 4.48. The van der Waals surface area contributed by atoms with Crippen LogP contribution in [0.15, 0.2) is 30.3 Å². The van der Waals surface area contributed by atoms with Crippen molar-refractivity contribution in [2.45, 2.75) is 32.5 Å². The number of ether oxygens (including phenoxy) is 1. The molecule has 1 saturated heterocycles. The van der Waals surface area contributed by atoms with Gasteiger partial charge in [0.25, 0.3) is 0 Å². The minimum absolute atomic E-state index is 0.147. The van der Waals surface area contributed by atoms with Crippen LogP contribution in [0.5, 0.6) is 0 Å². The third kappa shape index (κ3) is 1.57. The van der Waals surface area contributed by atoms with E-state index in [-0.39, 0.29) is 18.0 Å². The van der Waals surface area contributed by atoms with E-state index in [0.717, 1.165) is 5.56 Å². The first-order chi connectivity index (χ1) is 7.59. The van der Waals surface area contributed by atoms with Gasteiger partial charge in [0.05, 0.1) is 6.10 Å². The molecule has 1 aliphatic carbocycles. The lowest BCUT2D eigenvalue weighted by Crippen LogP contribution is -2.12. The second-order valence-corrected chi connectivity index (χ2v) is 5.55. The third-order valence-corrected chi connectivity index (χ3v) is 3.83. The Morgan fingerprint density at radius 1 is 1.31 bits per heavy atom. The highest BCUT2D eigenvalue weighted by molar-refractivity contribution is 6.01. The van der Waals surface area contributed by atoms with Crippen molar-refractivity contribution in [2.24, 2.45) is 11.3 Å². The molecule has 3 rings (SSSR count). The van der Waals surface area contributed by atoms with Gasteiger partial charge < -0.3 is 4.74 Å². The number of ketones is 1. The van der Waals surface area contributed by atoms with Crippen molar-refractivity contribution < 1.29 is 9.53 Å². The van der Waals surface area contributed by atoms with E-state index in [4.69, 9.17) is 4.74 Å². The molecule has 3 atom stereocenters. The van der Waals surface area contributed by atoms with Crippen molar-refractivity contribution in [3.05, 3.63) is 35.9 Å². The van der Waals surface area contributed by atoms with Crippen LogP contribution in [0.3, 0.4) is 0 Å². The Hall–Kier alpha value is -1.15. The minimum atomic E-state index is -0.172. The van der Waals surface area contributed by atoms with Crippen molar-refractivity contribution in [3.63, 3.8) is 0 Å². The summed E-state index contributed by atoms with van der Waals surface area (Å²) < 4.78 is 5.54. The van der Waals surface area contributed by atoms with Crippen LogP contribution in [0.2, 0.25) is 0 Å². The standard InChI is InChI=1S/C14H16O2/c1-14(2)8-10(14)12-13(16-12)11(15)9-6-4-3-5-7-9/h3-7,10,12-13H,8H2,1-2H3/t10?,12-,13-/m0/s1. The summed E-state index contributed by atoms with van der Waals surface area (Å²) in [4.78, 5) is 12.0. The van der Waals surface area contributed by atoms with Crippen molar-refractivity contribution in [3.8, 4) is 0 Å². The molecule has 1 heterocycles. The molecule has 0 radical (unpaired) electrons. The molecule has 1 aromatic rings. The Bertz CT molecular complexity index is 422. The van der Waals surface area contributed by atoms with E-state index in [2.05, 4.69) is 13.8 Å². The van der Waals surface area contributed by atoms with E-state index >= 15 is 0 Å². The fraction of sp³-hybridized carbons (Fsp3) is 0.500. The van der Waals surface area contributed by atoms with E-state index in [0.29, 0.717) is 11.3 Å². The van der Waals surface area contributed by atoms with Crippen molar-refractivity contribution in [1.82, 2.24) is 0 Å². The van der Waals surface area contributed by atoms with E-state index in [9.17, 15) is 4.79 Å². The van der Waals surface area contributed by atoms with Gasteiger partial charge in [-0.3, -0.25) is 4.79 Å². The molecule has 0 bridgehead atoms. The second-order valence-electron chi connectivity index (χ2n) is 5.55. The Balaban J connectivity index is 1.67. The average molecular weight is 216 g/mol. The molecular weight excluding hydrogens is 200 g/mol. The van der Waals surface area contributed by atoms with Crippen molar-refractivity contribution in [2.75, 3.05) is 0 Å². The van der Waals surface area contributed by atoms with Crippen molar-refractivity contribution >= 4 is 5.78 Å². The molecule has 1 aromatic carbocycles. The number of epoxide rings is 1. The summed E-state index contributed by atoms with van der Waals surface area (Å²) in [5, 5.41) is 0. The molecule has 0 amide bonds. The zero-order chi connectivity index (χ0) is 11.3. The van der Waals surface area contributed by atoms with Gasteiger partial charge in [-0.2, -0.15) is 0 Å². The highest BCUT2D eigenvalue weighted by atomic mass is 16.6. The van der Waals surface area contributed by atoms with Crippen LogP contribution in [-0.4, -0.2) is 18.0 Å². The van der Waals surface area contributed by atoms with Crippen molar-refractivity contribution in [1.29, 1.82) is 0 Å². The number of Topliss-reactive ketones (excluding diaryl/α,β-unsaturated/α-hetero) is 1. The predicted octanol–water partition coefficient (Wildman–Crippen LogP) is 2.68. The normalized spacial score (nSPS) is 34.5. The van der Waals surface area contributed by atoms with Crippen LogP contribution in [0.25, 0.3) is 0 Å². The Morgan fingerprint density at radius 2 is 1.94 bits per heavy atom. The van der Waals surface area contributed by atoms with E-state index in [1.807, 2.05) is 30.3 Å². The number of hydrogen-bond donors (Lipinski definition) is 0. The zero-order valence-electron chi connectivity index (χ0n) is 9.64. The van der Waals surface area contributed by atoms with Gasteiger partial charge in [0.2, 0.25) is 0 Å². The number of carbonyl (C=O) groups excluding carboxylic acids is 1. The summed E-state index contributed by atoms with van der Waals surface area (Å²) in [6.07, 6.45) is 1.20. The lowest BCUT2D eigenvalue weighted by Gasteiger charge is -1.98. The molecule has 84 valence electrons.